The number of hydrogen-bond acceptors (Lipinski definition) is 2. The molecular weight excluding hydrogens is 240 g/mol. The van der Waals surface area contributed by atoms with E-state index < -0.39 is 0 Å². The van der Waals surface area contributed by atoms with Crippen LogP contribution in [0.5, 0.6) is 0 Å². The zero-order valence-electron chi connectivity index (χ0n) is 13.0. The largest absolute Gasteiger partial charge is 0.344 e. The highest BCUT2D eigenvalue weighted by molar-refractivity contribution is 5.90. The Morgan fingerprint density at radius 1 is 1.21 bits per heavy atom. The first-order valence-electron chi connectivity index (χ1n) is 7.52. The lowest BCUT2D eigenvalue weighted by Crippen LogP contribution is -2.56. The van der Waals surface area contributed by atoms with Crippen LogP contribution in [-0.4, -0.2) is 34.8 Å². The fourth-order valence-corrected chi connectivity index (χ4v) is 3.04. The Bertz CT molecular complexity index is 327. The van der Waals surface area contributed by atoms with E-state index in [0.29, 0.717) is 13.0 Å². The quantitative estimate of drug-likeness (QED) is 0.832. The molecule has 0 aromatic carbocycles. The fourth-order valence-electron chi connectivity index (χ4n) is 3.04. The molecule has 4 heteroatoms. The Hall–Kier alpha value is -1.06. The lowest BCUT2D eigenvalue weighted by atomic mass is 9.86. The van der Waals surface area contributed by atoms with Crippen LogP contribution in [0.15, 0.2) is 0 Å². The second-order valence-electron chi connectivity index (χ2n) is 5.81. The highest BCUT2D eigenvalue weighted by Crippen LogP contribution is 2.30. The van der Waals surface area contributed by atoms with Crippen LogP contribution < -0.4 is 5.32 Å². The molecule has 1 heterocycles. The highest BCUT2D eigenvalue weighted by atomic mass is 16.2. The van der Waals surface area contributed by atoms with Crippen molar-refractivity contribution in [1.82, 2.24) is 10.2 Å². The van der Waals surface area contributed by atoms with E-state index in [9.17, 15) is 9.59 Å². The van der Waals surface area contributed by atoms with Gasteiger partial charge < -0.3 is 10.2 Å². The van der Waals surface area contributed by atoms with Crippen LogP contribution in [0.1, 0.15) is 60.3 Å². The van der Waals surface area contributed by atoms with Crippen molar-refractivity contribution in [2.24, 2.45) is 5.92 Å². The third-order valence-corrected chi connectivity index (χ3v) is 4.62. The van der Waals surface area contributed by atoms with Crippen molar-refractivity contribution in [2.75, 3.05) is 6.54 Å². The monoisotopic (exact) mass is 268 g/mol. The average molecular weight is 268 g/mol. The number of nitrogens with one attached hydrogen (secondary N) is 1. The average Bonchev–Trinajstić information content (AvgIpc) is 2.54. The molecule has 0 aliphatic carbocycles. The second kappa shape index (κ2) is 6.40. The van der Waals surface area contributed by atoms with Gasteiger partial charge in [0, 0.05) is 18.5 Å². The molecule has 1 N–H and O–H groups in total. The van der Waals surface area contributed by atoms with Crippen molar-refractivity contribution in [3.05, 3.63) is 0 Å². The van der Waals surface area contributed by atoms with E-state index in [0.717, 1.165) is 19.3 Å². The summed E-state index contributed by atoms with van der Waals surface area (Å²) in [5, 5.41) is 2.87. The Balaban J connectivity index is 3.10. The zero-order valence-corrected chi connectivity index (χ0v) is 13.0. The van der Waals surface area contributed by atoms with E-state index in [1.165, 1.54) is 0 Å². The summed E-state index contributed by atoms with van der Waals surface area (Å²) < 4.78 is 0. The van der Waals surface area contributed by atoms with Gasteiger partial charge in [0.25, 0.3) is 0 Å². The molecule has 0 saturated carbocycles. The maximum atomic E-state index is 12.8. The van der Waals surface area contributed by atoms with E-state index in [4.69, 9.17) is 0 Å². The van der Waals surface area contributed by atoms with Crippen LogP contribution >= 0.6 is 0 Å². The van der Waals surface area contributed by atoms with E-state index in [1.54, 1.807) is 0 Å². The summed E-state index contributed by atoms with van der Waals surface area (Å²) in [5.74, 6) is 0.207. The summed E-state index contributed by atoms with van der Waals surface area (Å²) in [7, 11) is 0. The lowest BCUT2D eigenvalue weighted by molar-refractivity contribution is -0.141. The van der Waals surface area contributed by atoms with Gasteiger partial charge in [-0.2, -0.15) is 0 Å². The van der Waals surface area contributed by atoms with E-state index in [2.05, 4.69) is 26.1 Å². The van der Waals surface area contributed by atoms with Gasteiger partial charge in [0.2, 0.25) is 11.8 Å². The minimum absolute atomic E-state index is 0.00763. The molecule has 2 amide bonds. The molecule has 1 aliphatic heterocycles. The van der Waals surface area contributed by atoms with Gasteiger partial charge in [-0.15, -0.1) is 0 Å². The first kappa shape index (κ1) is 16.0. The van der Waals surface area contributed by atoms with Crippen molar-refractivity contribution >= 4 is 11.8 Å². The Morgan fingerprint density at radius 2 is 1.74 bits per heavy atom. The van der Waals surface area contributed by atoms with Gasteiger partial charge in [0.05, 0.1) is 0 Å². The van der Waals surface area contributed by atoms with Crippen molar-refractivity contribution in [3.63, 3.8) is 0 Å². The third-order valence-electron chi connectivity index (χ3n) is 4.62. The molecule has 0 aromatic heterocycles. The van der Waals surface area contributed by atoms with Crippen molar-refractivity contribution in [1.29, 1.82) is 0 Å². The normalized spacial score (nSPS) is 21.6. The minimum atomic E-state index is -0.376. The molecule has 0 bridgehead atoms. The number of carbonyl (C=O) groups is 2. The lowest BCUT2D eigenvalue weighted by Gasteiger charge is -2.43. The molecule has 19 heavy (non-hydrogen) atoms. The Labute approximate surface area is 116 Å². The molecule has 1 unspecified atom stereocenters. The molecule has 1 rings (SSSR count). The maximum absolute atomic E-state index is 12.8. The minimum Gasteiger partial charge on any atom is -0.344 e. The molecule has 0 spiro atoms. The summed E-state index contributed by atoms with van der Waals surface area (Å²) in [6.07, 6.45) is 3.22. The van der Waals surface area contributed by atoms with Crippen LogP contribution in [0, 0.1) is 5.92 Å². The number of carbonyl (C=O) groups excluding carboxylic acids is 2. The Kier molecular flexibility index (Phi) is 5.39. The van der Waals surface area contributed by atoms with Gasteiger partial charge in [0.1, 0.15) is 6.04 Å². The van der Waals surface area contributed by atoms with E-state index in [1.807, 2.05) is 18.7 Å². The number of nitrogens with zero attached hydrogens (tertiary/aromatic N) is 1. The summed E-state index contributed by atoms with van der Waals surface area (Å²) in [6, 6.07) is -0.376. The molecule has 110 valence electrons. The smallest absolute Gasteiger partial charge is 0.245 e. The number of rotatable bonds is 5. The molecule has 1 atom stereocenters. The summed E-state index contributed by atoms with van der Waals surface area (Å²) in [4.78, 5) is 26.5. The van der Waals surface area contributed by atoms with Gasteiger partial charge in [-0.05, 0) is 25.2 Å². The van der Waals surface area contributed by atoms with Crippen LogP contribution in [0.25, 0.3) is 0 Å². The summed E-state index contributed by atoms with van der Waals surface area (Å²) in [6.45, 7) is 10.9. The molecular formula is C15H28N2O2. The first-order chi connectivity index (χ1) is 8.91. The molecule has 1 fully saturated rings. The van der Waals surface area contributed by atoms with Gasteiger partial charge in [-0.25, -0.2) is 0 Å². The van der Waals surface area contributed by atoms with Crippen LogP contribution in [-0.2, 0) is 9.59 Å². The van der Waals surface area contributed by atoms with Crippen molar-refractivity contribution in [3.8, 4) is 0 Å². The summed E-state index contributed by atoms with van der Waals surface area (Å²) in [5.41, 5.74) is -0.101. The Morgan fingerprint density at radius 3 is 2.16 bits per heavy atom. The number of hydrogen-bond donors (Lipinski definition) is 1. The van der Waals surface area contributed by atoms with Crippen molar-refractivity contribution < 1.29 is 9.59 Å². The third kappa shape index (κ3) is 3.10. The first-order valence-corrected chi connectivity index (χ1v) is 7.52. The van der Waals surface area contributed by atoms with Gasteiger partial charge in [-0.1, -0.05) is 34.6 Å². The molecule has 0 aromatic rings. The molecule has 1 aliphatic rings. The zero-order chi connectivity index (χ0) is 14.6. The highest BCUT2D eigenvalue weighted by Gasteiger charge is 2.41. The van der Waals surface area contributed by atoms with E-state index in [-0.39, 0.29) is 29.3 Å². The summed E-state index contributed by atoms with van der Waals surface area (Å²) >= 11 is 0. The SMILES string of the molecule is CCC(CC)(CC)N1CCC(=O)NC(C(C)C)C1=O. The van der Waals surface area contributed by atoms with Gasteiger partial charge in [0.15, 0.2) is 0 Å². The molecule has 4 nitrogen and oxygen atoms in total. The van der Waals surface area contributed by atoms with Crippen LogP contribution in [0.2, 0.25) is 0 Å². The van der Waals surface area contributed by atoms with Gasteiger partial charge in [-0.3, -0.25) is 9.59 Å². The molecule has 1 saturated heterocycles. The van der Waals surface area contributed by atoms with E-state index >= 15 is 0 Å². The maximum Gasteiger partial charge on any atom is 0.245 e. The topological polar surface area (TPSA) is 49.4 Å². The van der Waals surface area contributed by atoms with Gasteiger partial charge >= 0.3 is 0 Å². The molecule has 0 radical (unpaired) electrons. The predicted octanol–water partition coefficient (Wildman–Crippen LogP) is 2.33. The van der Waals surface area contributed by atoms with Crippen LogP contribution in [0.4, 0.5) is 0 Å². The van der Waals surface area contributed by atoms with Crippen LogP contribution in [0.3, 0.4) is 0 Å². The van der Waals surface area contributed by atoms with Crippen molar-refractivity contribution in [2.45, 2.75) is 71.9 Å². The second-order valence-corrected chi connectivity index (χ2v) is 5.81. The predicted molar refractivity (Wildman–Crippen MR) is 76.7 cm³/mol. The standard InChI is InChI=1S/C15H28N2O2/c1-6-15(7-2,8-3)17-10-9-12(18)16-13(11(4)5)14(17)19/h11,13H,6-10H2,1-5H3,(H,16,18). The fraction of sp³-hybridized carbons (Fsp3) is 0.867. The number of amides is 2.